The van der Waals surface area contributed by atoms with Crippen LogP contribution in [-0.4, -0.2) is 17.9 Å². The average molecular weight is 393 g/mol. The van der Waals surface area contributed by atoms with Crippen molar-refractivity contribution in [2.45, 2.75) is 19.1 Å². The van der Waals surface area contributed by atoms with E-state index < -0.39 is 0 Å². The fourth-order valence-electron chi connectivity index (χ4n) is 3.69. The van der Waals surface area contributed by atoms with E-state index in [2.05, 4.69) is 12.2 Å². The maximum atomic E-state index is 13.2. The summed E-state index contributed by atoms with van der Waals surface area (Å²) >= 11 is 6.29. The highest BCUT2D eigenvalue weighted by molar-refractivity contribution is 6.32. The van der Waals surface area contributed by atoms with Crippen molar-refractivity contribution in [3.63, 3.8) is 0 Å². The van der Waals surface area contributed by atoms with Crippen LogP contribution < -0.4 is 10.1 Å². The molecule has 1 aliphatic heterocycles. The summed E-state index contributed by atoms with van der Waals surface area (Å²) in [6.45, 7) is 2.05. The first-order chi connectivity index (χ1) is 13.6. The lowest BCUT2D eigenvalue weighted by Crippen LogP contribution is -2.34. The van der Waals surface area contributed by atoms with Crippen LogP contribution in [0.2, 0.25) is 5.02 Å². The van der Waals surface area contributed by atoms with Gasteiger partial charge in [-0.2, -0.15) is 0 Å². The molecule has 28 heavy (non-hydrogen) atoms. The van der Waals surface area contributed by atoms with Crippen molar-refractivity contribution in [1.82, 2.24) is 4.90 Å². The van der Waals surface area contributed by atoms with Gasteiger partial charge in [-0.25, -0.2) is 0 Å². The summed E-state index contributed by atoms with van der Waals surface area (Å²) in [6, 6.07) is 23.2. The summed E-state index contributed by atoms with van der Waals surface area (Å²) < 4.78 is 5.24. The van der Waals surface area contributed by atoms with Crippen molar-refractivity contribution in [1.29, 1.82) is 0 Å². The topological polar surface area (TPSA) is 41.6 Å². The van der Waals surface area contributed by atoms with Crippen LogP contribution in [0.1, 0.15) is 40.6 Å². The number of methoxy groups -OCH3 is 1. The summed E-state index contributed by atoms with van der Waals surface area (Å²) in [4.78, 5) is 15.1. The molecule has 0 bridgehead atoms. The lowest BCUT2D eigenvalue weighted by Gasteiger charge is -2.32. The van der Waals surface area contributed by atoms with Gasteiger partial charge in [-0.15, -0.1) is 0 Å². The minimum Gasteiger partial charge on any atom is -0.495 e. The zero-order valence-corrected chi connectivity index (χ0v) is 16.5. The Morgan fingerprint density at radius 1 is 1.04 bits per heavy atom. The molecule has 4 rings (SSSR count). The lowest BCUT2D eigenvalue weighted by molar-refractivity contribution is 0.0667. The van der Waals surface area contributed by atoms with Crippen LogP contribution in [0.15, 0.2) is 72.8 Å². The number of hydrogen-bond donors (Lipinski definition) is 1. The first kappa shape index (κ1) is 18.4. The molecule has 5 heteroatoms. The van der Waals surface area contributed by atoms with Crippen LogP contribution in [0.5, 0.6) is 5.75 Å². The normalized spacial score (nSPS) is 16.6. The second kappa shape index (κ2) is 7.56. The number of halogens is 1. The van der Waals surface area contributed by atoms with Gasteiger partial charge in [0.25, 0.3) is 5.91 Å². The molecule has 1 amide bonds. The first-order valence-electron chi connectivity index (χ1n) is 9.16. The second-order valence-electron chi connectivity index (χ2n) is 6.78. The van der Waals surface area contributed by atoms with E-state index in [4.69, 9.17) is 16.3 Å². The number of hydrogen-bond acceptors (Lipinski definition) is 3. The molecule has 0 saturated heterocycles. The Labute approximate surface area is 169 Å². The molecule has 2 atom stereocenters. The summed E-state index contributed by atoms with van der Waals surface area (Å²) in [7, 11) is 1.59. The Morgan fingerprint density at radius 3 is 2.46 bits per heavy atom. The molecule has 3 aromatic carbocycles. The number of rotatable bonds is 5. The van der Waals surface area contributed by atoms with E-state index in [-0.39, 0.29) is 18.1 Å². The van der Waals surface area contributed by atoms with Crippen molar-refractivity contribution in [3.8, 4) is 5.75 Å². The van der Waals surface area contributed by atoms with Gasteiger partial charge >= 0.3 is 0 Å². The molecule has 0 aliphatic carbocycles. The Hall–Kier alpha value is -2.98. The predicted molar refractivity (Wildman–Crippen MR) is 112 cm³/mol. The van der Waals surface area contributed by atoms with E-state index in [0.717, 1.165) is 22.4 Å². The van der Waals surface area contributed by atoms with E-state index >= 15 is 0 Å². The Morgan fingerprint density at radius 2 is 1.75 bits per heavy atom. The number of anilines is 1. The van der Waals surface area contributed by atoms with Gasteiger partial charge in [-0.05, 0) is 36.8 Å². The third-order valence-electron chi connectivity index (χ3n) is 5.15. The second-order valence-corrected chi connectivity index (χ2v) is 7.19. The van der Waals surface area contributed by atoms with Gasteiger partial charge < -0.3 is 15.0 Å². The summed E-state index contributed by atoms with van der Waals surface area (Å²) in [5.74, 6) is 0.633. The molecule has 0 spiro atoms. The zero-order valence-electron chi connectivity index (χ0n) is 15.7. The van der Waals surface area contributed by atoms with Crippen molar-refractivity contribution >= 4 is 23.2 Å². The molecule has 0 fully saturated rings. The van der Waals surface area contributed by atoms with Crippen LogP contribution in [0.3, 0.4) is 0 Å². The first-order valence-corrected chi connectivity index (χ1v) is 9.54. The monoisotopic (exact) mass is 392 g/mol. The van der Waals surface area contributed by atoms with Gasteiger partial charge in [0, 0.05) is 16.8 Å². The van der Waals surface area contributed by atoms with Gasteiger partial charge in [-0.3, -0.25) is 4.79 Å². The number of carbonyl (C=O) groups is 1. The average Bonchev–Trinajstić information content (AvgIpc) is 3.00. The standard InChI is InChI=1S/C23H21ClN2O2/c1-15(16-8-4-3-5-9-16)26-22(18-10-6-7-11-19(18)23(26)27)25-17-12-13-21(28-2)20(24)14-17/h3-15,22,25H,1-2H3/t15-,22+/m0/s1. The van der Waals surface area contributed by atoms with Crippen LogP contribution in [0, 0.1) is 0 Å². The molecular weight excluding hydrogens is 372 g/mol. The minimum atomic E-state index is -0.289. The van der Waals surface area contributed by atoms with E-state index in [9.17, 15) is 4.79 Å². The smallest absolute Gasteiger partial charge is 0.256 e. The molecule has 0 unspecified atom stereocenters. The van der Waals surface area contributed by atoms with E-state index in [0.29, 0.717) is 10.8 Å². The number of fused-ring (bicyclic) bond motifs is 1. The molecule has 0 saturated carbocycles. The van der Waals surface area contributed by atoms with Gasteiger partial charge in [0.15, 0.2) is 0 Å². The predicted octanol–water partition coefficient (Wildman–Crippen LogP) is 5.68. The van der Waals surface area contributed by atoms with Crippen molar-refractivity contribution in [2.24, 2.45) is 0 Å². The molecule has 0 radical (unpaired) electrons. The molecule has 1 N–H and O–H groups in total. The third kappa shape index (κ3) is 3.20. The van der Waals surface area contributed by atoms with E-state index in [1.165, 1.54) is 0 Å². The fraction of sp³-hybridized carbons (Fsp3) is 0.174. The minimum absolute atomic E-state index is 0.0176. The summed E-state index contributed by atoms with van der Waals surface area (Å²) in [5.41, 5.74) is 3.60. The summed E-state index contributed by atoms with van der Waals surface area (Å²) in [5, 5.41) is 4.01. The zero-order chi connectivity index (χ0) is 19.7. The number of ether oxygens (including phenoxy) is 1. The molecule has 0 aromatic heterocycles. The van der Waals surface area contributed by atoms with Crippen molar-refractivity contribution in [3.05, 3.63) is 94.5 Å². The number of carbonyl (C=O) groups excluding carboxylic acids is 1. The molecule has 4 nitrogen and oxygen atoms in total. The molecule has 1 aliphatic rings. The Balaban J connectivity index is 1.72. The van der Waals surface area contributed by atoms with Crippen LogP contribution >= 0.6 is 11.6 Å². The van der Waals surface area contributed by atoms with Gasteiger partial charge in [0.2, 0.25) is 0 Å². The number of nitrogens with zero attached hydrogens (tertiary/aromatic N) is 1. The molecule has 3 aromatic rings. The van der Waals surface area contributed by atoms with E-state index in [1.807, 2.05) is 77.7 Å². The van der Waals surface area contributed by atoms with Gasteiger partial charge in [0.05, 0.1) is 18.2 Å². The van der Waals surface area contributed by atoms with Crippen molar-refractivity contribution in [2.75, 3.05) is 12.4 Å². The Kier molecular flexibility index (Phi) is 4.97. The number of benzene rings is 3. The van der Waals surface area contributed by atoms with Gasteiger partial charge in [0.1, 0.15) is 11.9 Å². The van der Waals surface area contributed by atoms with Crippen LogP contribution in [0.25, 0.3) is 0 Å². The summed E-state index contributed by atoms with van der Waals surface area (Å²) in [6.07, 6.45) is -0.289. The lowest BCUT2D eigenvalue weighted by atomic mass is 10.1. The van der Waals surface area contributed by atoms with Gasteiger partial charge in [-0.1, -0.05) is 60.1 Å². The molecular formula is C23H21ClN2O2. The van der Waals surface area contributed by atoms with E-state index in [1.54, 1.807) is 7.11 Å². The third-order valence-corrected chi connectivity index (χ3v) is 5.45. The van der Waals surface area contributed by atoms with Crippen LogP contribution in [0.4, 0.5) is 5.69 Å². The van der Waals surface area contributed by atoms with Crippen LogP contribution in [-0.2, 0) is 0 Å². The largest absolute Gasteiger partial charge is 0.495 e. The SMILES string of the molecule is COc1ccc(N[C@H]2c3ccccc3C(=O)N2[C@@H](C)c2ccccc2)cc1Cl. The highest BCUT2D eigenvalue weighted by Gasteiger charge is 2.39. The maximum Gasteiger partial charge on any atom is 0.256 e. The fourth-order valence-corrected chi connectivity index (χ4v) is 3.95. The molecule has 1 heterocycles. The highest BCUT2D eigenvalue weighted by Crippen LogP contribution is 2.40. The number of nitrogens with one attached hydrogen (secondary N) is 1. The quantitative estimate of drug-likeness (QED) is 0.607. The highest BCUT2D eigenvalue weighted by atomic mass is 35.5. The molecule has 142 valence electrons. The number of amides is 1. The maximum absolute atomic E-state index is 13.2. The van der Waals surface area contributed by atoms with Crippen molar-refractivity contribution < 1.29 is 9.53 Å². The Bertz CT molecular complexity index is 1010.